The van der Waals surface area contributed by atoms with Gasteiger partial charge in [0.25, 0.3) is 0 Å². The number of rotatable bonds is 0. The van der Waals surface area contributed by atoms with Gasteiger partial charge in [0.15, 0.2) is 0 Å². The van der Waals surface area contributed by atoms with Crippen LogP contribution in [0.3, 0.4) is 0 Å². The third kappa shape index (κ3) is 2.20. The fourth-order valence-electron chi connectivity index (χ4n) is 2.43. The topological polar surface area (TPSA) is 54.5 Å². The van der Waals surface area contributed by atoms with E-state index in [1.54, 1.807) is 0 Å². The smallest absolute Gasteiger partial charge is 0.417 e. The molecule has 1 N–H and O–H groups in total. The van der Waals surface area contributed by atoms with E-state index in [9.17, 15) is 18.0 Å². The van der Waals surface area contributed by atoms with Crippen LogP contribution in [0.1, 0.15) is 15.9 Å². The zero-order chi connectivity index (χ0) is 14.3. The number of nitrogens with zero attached hydrogens (tertiary/aromatic N) is 2. The van der Waals surface area contributed by atoms with Crippen LogP contribution in [0.4, 0.5) is 19.0 Å². The van der Waals surface area contributed by atoms with Gasteiger partial charge in [-0.15, -0.1) is 0 Å². The van der Waals surface area contributed by atoms with Gasteiger partial charge in [-0.1, -0.05) is 0 Å². The summed E-state index contributed by atoms with van der Waals surface area (Å²) < 4.78 is 43.2. The van der Waals surface area contributed by atoms with Crippen molar-refractivity contribution in [1.82, 2.24) is 10.3 Å². The van der Waals surface area contributed by atoms with Crippen molar-refractivity contribution in [2.45, 2.75) is 12.2 Å². The van der Waals surface area contributed by atoms with Crippen molar-refractivity contribution in [1.29, 1.82) is 0 Å². The summed E-state index contributed by atoms with van der Waals surface area (Å²) in [5.74, 6) is -0.486. The Bertz CT molecular complexity index is 547. The Labute approximate surface area is 112 Å². The summed E-state index contributed by atoms with van der Waals surface area (Å²) in [4.78, 5) is 17.5. The second kappa shape index (κ2) is 4.62. The highest BCUT2D eigenvalue weighted by atomic mass is 19.4. The number of carbonyl (C=O) groups excluding carboxylic acids is 1. The van der Waals surface area contributed by atoms with Crippen LogP contribution >= 0.6 is 0 Å². The summed E-state index contributed by atoms with van der Waals surface area (Å²) in [7, 11) is 0. The monoisotopic (exact) mass is 287 g/mol. The first-order valence-corrected chi connectivity index (χ1v) is 6.18. The van der Waals surface area contributed by atoms with E-state index in [2.05, 4.69) is 10.3 Å². The van der Waals surface area contributed by atoms with E-state index in [1.807, 2.05) is 4.90 Å². The molecule has 8 heteroatoms. The Morgan fingerprint density at radius 3 is 3.00 bits per heavy atom. The van der Waals surface area contributed by atoms with Crippen molar-refractivity contribution in [2.24, 2.45) is 0 Å². The summed E-state index contributed by atoms with van der Waals surface area (Å²) in [6.07, 6.45) is -3.77. The van der Waals surface area contributed by atoms with Crippen LogP contribution in [0, 0.1) is 0 Å². The molecule has 1 atom stereocenters. The Hall–Kier alpha value is -1.83. The third-order valence-corrected chi connectivity index (χ3v) is 3.44. The lowest BCUT2D eigenvalue weighted by Crippen LogP contribution is -2.53. The highest BCUT2D eigenvalue weighted by molar-refractivity contribution is 5.95. The minimum Gasteiger partial charge on any atom is -0.460 e. The zero-order valence-electron chi connectivity index (χ0n) is 10.4. The van der Waals surface area contributed by atoms with E-state index in [4.69, 9.17) is 4.74 Å². The quantitative estimate of drug-likeness (QED) is 0.723. The average Bonchev–Trinajstić information content (AvgIpc) is 2.56. The van der Waals surface area contributed by atoms with Crippen molar-refractivity contribution >= 4 is 11.8 Å². The van der Waals surface area contributed by atoms with E-state index < -0.39 is 17.7 Å². The number of anilines is 1. The molecule has 0 unspecified atom stereocenters. The predicted molar refractivity (Wildman–Crippen MR) is 63.5 cm³/mol. The molecular formula is C12H12F3N3O2. The van der Waals surface area contributed by atoms with Gasteiger partial charge in [0, 0.05) is 25.8 Å². The fraction of sp³-hybridized carbons (Fsp3) is 0.500. The third-order valence-electron chi connectivity index (χ3n) is 3.44. The highest BCUT2D eigenvalue weighted by Crippen LogP contribution is 2.33. The number of aromatic nitrogens is 1. The number of piperazine rings is 1. The van der Waals surface area contributed by atoms with E-state index in [1.165, 1.54) is 0 Å². The van der Waals surface area contributed by atoms with Gasteiger partial charge in [-0.2, -0.15) is 13.2 Å². The van der Waals surface area contributed by atoms with Crippen molar-refractivity contribution in [3.63, 3.8) is 0 Å². The van der Waals surface area contributed by atoms with Crippen molar-refractivity contribution in [2.75, 3.05) is 31.1 Å². The fourth-order valence-corrected chi connectivity index (χ4v) is 2.43. The summed E-state index contributed by atoms with van der Waals surface area (Å²) >= 11 is 0. The molecule has 0 radical (unpaired) electrons. The molecule has 20 heavy (non-hydrogen) atoms. The molecule has 108 valence electrons. The van der Waals surface area contributed by atoms with E-state index in [0.717, 1.165) is 12.3 Å². The van der Waals surface area contributed by atoms with Crippen LogP contribution in [0.2, 0.25) is 0 Å². The first-order valence-electron chi connectivity index (χ1n) is 6.18. The molecule has 1 aromatic rings. The maximum atomic E-state index is 12.7. The molecule has 2 aliphatic heterocycles. The molecule has 0 amide bonds. The van der Waals surface area contributed by atoms with Gasteiger partial charge >= 0.3 is 12.1 Å². The molecule has 1 fully saturated rings. The number of cyclic esters (lactones) is 1. The van der Waals surface area contributed by atoms with Gasteiger partial charge in [0.2, 0.25) is 0 Å². The minimum atomic E-state index is -4.53. The van der Waals surface area contributed by atoms with Gasteiger partial charge in [-0.25, -0.2) is 9.78 Å². The summed E-state index contributed by atoms with van der Waals surface area (Å²) in [5, 5.41) is 3.15. The first kappa shape index (κ1) is 13.2. The molecule has 0 aliphatic carbocycles. The molecule has 0 spiro atoms. The first-order chi connectivity index (χ1) is 9.47. The Morgan fingerprint density at radius 2 is 2.25 bits per heavy atom. The molecule has 0 saturated carbocycles. The highest BCUT2D eigenvalue weighted by Gasteiger charge is 2.36. The standard InChI is InChI=1S/C12H12F3N3O2/c13-12(14,15)7-3-9-10(17-4-7)18-2-1-16-5-8(18)6-20-11(9)19/h3-4,8,16H,1-2,5-6H2/t8-/m1/s1. The molecule has 2 aliphatic rings. The van der Waals surface area contributed by atoms with Gasteiger partial charge < -0.3 is 15.0 Å². The van der Waals surface area contributed by atoms with E-state index in [0.29, 0.717) is 19.6 Å². The number of nitrogens with one attached hydrogen (secondary N) is 1. The molecule has 1 aromatic heterocycles. The Balaban J connectivity index is 2.07. The largest absolute Gasteiger partial charge is 0.460 e. The maximum Gasteiger partial charge on any atom is 0.417 e. The zero-order valence-corrected chi connectivity index (χ0v) is 10.4. The van der Waals surface area contributed by atoms with E-state index in [-0.39, 0.29) is 24.0 Å². The molecule has 3 heterocycles. The summed E-state index contributed by atoms with van der Waals surface area (Å²) in [5.41, 5.74) is -1.06. The summed E-state index contributed by atoms with van der Waals surface area (Å²) in [6, 6.07) is 0.716. The summed E-state index contributed by atoms with van der Waals surface area (Å²) in [6.45, 7) is 2.01. The molecule has 0 aromatic carbocycles. The number of ether oxygens (including phenoxy) is 1. The molecular weight excluding hydrogens is 275 g/mol. The number of hydrogen-bond acceptors (Lipinski definition) is 5. The number of pyridine rings is 1. The Morgan fingerprint density at radius 1 is 1.45 bits per heavy atom. The molecule has 1 saturated heterocycles. The number of halogens is 3. The van der Waals surface area contributed by atoms with Crippen LogP contribution in [0.15, 0.2) is 12.3 Å². The van der Waals surface area contributed by atoms with Crippen molar-refractivity contribution in [3.8, 4) is 0 Å². The van der Waals surface area contributed by atoms with Crippen LogP contribution in [-0.2, 0) is 10.9 Å². The number of hydrogen-bond donors (Lipinski definition) is 1. The van der Waals surface area contributed by atoms with Gasteiger partial charge in [0.1, 0.15) is 18.0 Å². The van der Waals surface area contributed by atoms with Crippen LogP contribution in [0.25, 0.3) is 0 Å². The predicted octanol–water partition coefficient (Wildman–Crippen LogP) is 1.05. The SMILES string of the molecule is O=C1OC[C@H]2CNCCN2c2ncc(C(F)(F)F)cc21. The maximum absolute atomic E-state index is 12.7. The number of fused-ring (bicyclic) bond motifs is 3. The van der Waals surface area contributed by atoms with Crippen LogP contribution < -0.4 is 10.2 Å². The van der Waals surface area contributed by atoms with Crippen LogP contribution in [-0.4, -0.2) is 43.2 Å². The van der Waals surface area contributed by atoms with E-state index >= 15 is 0 Å². The lowest BCUT2D eigenvalue weighted by molar-refractivity contribution is -0.137. The Kier molecular flexibility index (Phi) is 3.04. The van der Waals surface area contributed by atoms with Gasteiger partial charge in [0.05, 0.1) is 11.6 Å². The number of esters is 1. The van der Waals surface area contributed by atoms with Crippen molar-refractivity contribution < 1.29 is 22.7 Å². The number of carbonyl (C=O) groups is 1. The number of alkyl halides is 3. The lowest BCUT2D eigenvalue weighted by atomic mass is 10.1. The normalized spacial score (nSPS) is 22.6. The van der Waals surface area contributed by atoms with Crippen LogP contribution in [0.5, 0.6) is 0 Å². The molecule has 5 nitrogen and oxygen atoms in total. The second-order valence-corrected chi connectivity index (χ2v) is 4.74. The molecule has 0 bridgehead atoms. The van der Waals surface area contributed by atoms with Gasteiger partial charge in [-0.3, -0.25) is 0 Å². The van der Waals surface area contributed by atoms with Crippen molar-refractivity contribution in [3.05, 3.63) is 23.4 Å². The minimum absolute atomic E-state index is 0.0989. The second-order valence-electron chi connectivity index (χ2n) is 4.74. The molecule has 3 rings (SSSR count). The van der Waals surface area contributed by atoms with Gasteiger partial charge in [-0.05, 0) is 6.07 Å². The lowest BCUT2D eigenvalue weighted by Gasteiger charge is -2.35. The average molecular weight is 287 g/mol.